The number of imidazole rings is 1. The van der Waals surface area contributed by atoms with Crippen molar-refractivity contribution in [2.75, 3.05) is 5.32 Å². The lowest BCUT2D eigenvalue weighted by Gasteiger charge is -2.18. The highest BCUT2D eigenvalue weighted by molar-refractivity contribution is 7.20. The zero-order valence-corrected chi connectivity index (χ0v) is 18.3. The number of amides is 1. The van der Waals surface area contributed by atoms with E-state index in [2.05, 4.69) is 20.3 Å². The van der Waals surface area contributed by atoms with E-state index in [1.807, 2.05) is 0 Å². The molecular weight excluding hydrogens is 481 g/mol. The van der Waals surface area contributed by atoms with Crippen LogP contribution in [0.3, 0.4) is 0 Å². The largest absolute Gasteiger partial charge is 0.449 e. The number of nitrogens with zero attached hydrogens (tertiary/aromatic N) is 2. The van der Waals surface area contributed by atoms with Crippen LogP contribution in [0.2, 0.25) is 0 Å². The molecule has 1 amide bonds. The van der Waals surface area contributed by atoms with E-state index in [1.165, 1.54) is 32.0 Å². The number of carbonyl (C=O) groups is 1. The van der Waals surface area contributed by atoms with Crippen molar-refractivity contribution in [1.29, 1.82) is 0 Å². The maximum atomic E-state index is 14.8. The van der Waals surface area contributed by atoms with Gasteiger partial charge in [-0.25, -0.2) is 18.7 Å². The Morgan fingerprint density at radius 3 is 2.32 bits per heavy atom. The molecule has 0 unspecified atom stereocenters. The van der Waals surface area contributed by atoms with Gasteiger partial charge in [-0.2, -0.15) is 13.2 Å². The third kappa shape index (κ3) is 4.43. The SMILES string of the molecule is CC(C)(O)c1cc(F)c(-c2cc(C(N)=O)c(Nc3ccc4nc(C(F)(F)F)[nH]c4n3)s2)c(F)c1. The number of thiophene rings is 1. The minimum atomic E-state index is -4.69. The number of fused-ring (bicyclic) bond motifs is 1. The first kappa shape index (κ1) is 23.6. The fourth-order valence-electron chi connectivity index (χ4n) is 3.17. The third-order valence-corrected chi connectivity index (χ3v) is 5.91. The maximum absolute atomic E-state index is 14.8. The van der Waals surface area contributed by atoms with Gasteiger partial charge in [-0.15, -0.1) is 11.3 Å². The number of carbonyl (C=O) groups excluding carboxylic acids is 1. The first-order valence-electron chi connectivity index (χ1n) is 9.61. The molecule has 0 atom stereocenters. The van der Waals surface area contributed by atoms with Crippen molar-refractivity contribution in [3.63, 3.8) is 0 Å². The average molecular weight is 497 g/mol. The van der Waals surface area contributed by atoms with Gasteiger partial charge >= 0.3 is 6.18 Å². The molecule has 3 aromatic heterocycles. The Hall–Kier alpha value is -3.58. The number of aliphatic hydroxyl groups is 1. The number of primary amides is 1. The van der Waals surface area contributed by atoms with Gasteiger partial charge in [0.2, 0.25) is 5.82 Å². The zero-order valence-electron chi connectivity index (χ0n) is 17.5. The summed E-state index contributed by atoms with van der Waals surface area (Å²) >= 11 is 0.792. The first-order chi connectivity index (χ1) is 15.7. The van der Waals surface area contributed by atoms with E-state index in [1.54, 1.807) is 0 Å². The highest BCUT2D eigenvalue weighted by Gasteiger charge is 2.35. The van der Waals surface area contributed by atoms with Crippen LogP contribution in [0.1, 0.15) is 35.6 Å². The number of aromatic amines is 1. The summed E-state index contributed by atoms with van der Waals surface area (Å²) in [6, 6.07) is 5.77. The smallest absolute Gasteiger partial charge is 0.386 e. The normalized spacial score (nSPS) is 12.4. The first-order valence-corrected chi connectivity index (χ1v) is 10.4. The van der Waals surface area contributed by atoms with Crippen LogP contribution >= 0.6 is 11.3 Å². The Morgan fingerprint density at radius 1 is 1.12 bits per heavy atom. The fourth-order valence-corrected chi connectivity index (χ4v) is 4.29. The molecule has 0 aliphatic heterocycles. The molecule has 5 N–H and O–H groups in total. The zero-order chi connectivity index (χ0) is 25.0. The van der Waals surface area contributed by atoms with Crippen LogP contribution in [0, 0.1) is 11.6 Å². The van der Waals surface area contributed by atoms with Crippen molar-refractivity contribution in [2.24, 2.45) is 5.73 Å². The number of anilines is 2. The van der Waals surface area contributed by atoms with Crippen molar-refractivity contribution < 1.29 is 31.9 Å². The van der Waals surface area contributed by atoms with Crippen LogP contribution in [0.4, 0.5) is 32.8 Å². The highest BCUT2D eigenvalue weighted by atomic mass is 32.1. The fraction of sp³-hybridized carbons (Fsp3) is 0.190. The summed E-state index contributed by atoms with van der Waals surface area (Å²) in [4.78, 5) is 21.5. The van der Waals surface area contributed by atoms with Gasteiger partial charge in [-0.3, -0.25) is 4.79 Å². The number of pyridine rings is 1. The molecule has 0 aliphatic rings. The van der Waals surface area contributed by atoms with Crippen molar-refractivity contribution >= 4 is 39.2 Å². The van der Waals surface area contributed by atoms with Gasteiger partial charge in [0.05, 0.1) is 16.7 Å². The van der Waals surface area contributed by atoms with Crippen molar-refractivity contribution in [2.45, 2.75) is 25.6 Å². The number of aromatic nitrogens is 3. The number of alkyl halides is 3. The number of nitrogens with one attached hydrogen (secondary N) is 2. The van der Waals surface area contributed by atoms with Crippen LogP contribution in [-0.4, -0.2) is 26.0 Å². The second kappa shape index (κ2) is 8.02. The van der Waals surface area contributed by atoms with Gasteiger partial charge in [0.1, 0.15) is 28.0 Å². The Kier molecular flexibility index (Phi) is 5.56. The van der Waals surface area contributed by atoms with E-state index in [0.717, 1.165) is 23.5 Å². The summed E-state index contributed by atoms with van der Waals surface area (Å²) in [6.07, 6.45) is -4.69. The van der Waals surface area contributed by atoms with Gasteiger partial charge < -0.3 is 21.1 Å². The minimum Gasteiger partial charge on any atom is -0.386 e. The number of halogens is 5. The summed E-state index contributed by atoms with van der Waals surface area (Å²) in [6.45, 7) is 2.75. The molecule has 1 aromatic carbocycles. The topological polar surface area (TPSA) is 117 Å². The lowest BCUT2D eigenvalue weighted by Crippen LogP contribution is -2.16. The third-order valence-electron chi connectivity index (χ3n) is 4.85. The van der Waals surface area contributed by atoms with E-state index in [-0.39, 0.29) is 38.0 Å². The lowest BCUT2D eigenvalue weighted by molar-refractivity contribution is -0.144. The van der Waals surface area contributed by atoms with Gasteiger partial charge in [0, 0.05) is 4.88 Å². The lowest BCUT2D eigenvalue weighted by atomic mass is 9.96. The molecule has 4 aromatic rings. The molecule has 0 bridgehead atoms. The van der Waals surface area contributed by atoms with Gasteiger partial charge in [0.15, 0.2) is 5.65 Å². The van der Waals surface area contributed by atoms with Crippen LogP contribution in [0.25, 0.3) is 21.6 Å². The highest BCUT2D eigenvalue weighted by Crippen LogP contribution is 2.40. The maximum Gasteiger partial charge on any atom is 0.449 e. The Morgan fingerprint density at radius 2 is 1.76 bits per heavy atom. The molecule has 0 fully saturated rings. The summed E-state index contributed by atoms with van der Waals surface area (Å²) in [7, 11) is 0. The molecular formula is C21H16F5N5O2S. The Labute approximate surface area is 192 Å². The van der Waals surface area contributed by atoms with E-state index in [0.29, 0.717) is 0 Å². The average Bonchev–Trinajstić information content (AvgIpc) is 3.31. The molecule has 178 valence electrons. The van der Waals surface area contributed by atoms with Gasteiger partial charge in [-0.05, 0) is 49.7 Å². The number of hydrogen-bond donors (Lipinski definition) is 4. The van der Waals surface area contributed by atoms with Gasteiger partial charge in [-0.1, -0.05) is 0 Å². The van der Waals surface area contributed by atoms with E-state index >= 15 is 0 Å². The molecule has 0 spiro atoms. The molecule has 4 rings (SSSR count). The van der Waals surface area contributed by atoms with Crippen LogP contribution in [0.15, 0.2) is 30.3 Å². The summed E-state index contributed by atoms with van der Waals surface area (Å²) in [5.74, 6) is -4.00. The number of hydrogen-bond acceptors (Lipinski definition) is 6. The molecule has 0 radical (unpaired) electrons. The number of nitrogens with two attached hydrogens (primary N) is 1. The van der Waals surface area contributed by atoms with E-state index in [9.17, 15) is 31.9 Å². The quantitative estimate of drug-likeness (QED) is 0.288. The minimum absolute atomic E-state index is 0.0200. The van der Waals surface area contributed by atoms with Crippen LogP contribution < -0.4 is 11.1 Å². The summed E-state index contributed by atoms with van der Waals surface area (Å²) in [5.41, 5.74) is 3.22. The summed E-state index contributed by atoms with van der Waals surface area (Å²) < 4.78 is 68.2. The van der Waals surface area contributed by atoms with Gasteiger partial charge in [0.25, 0.3) is 5.91 Å². The molecule has 7 nitrogen and oxygen atoms in total. The van der Waals surface area contributed by atoms with Crippen molar-refractivity contribution in [3.05, 3.63) is 58.9 Å². The number of benzene rings is 1. The van der Waals surface area contributed by atoms with E-state index < -0.39 is 40.7 Å². The Bertz CT molecular complexity index is 1400. The molecule has 3 heterocycles. The Balaban J connectivity index is 1.74. The second-order valence-corrected chi connectivity index (χ2v) is 8.92. The van der Waals surface area contributed by atoms with Crippen LogP contribution in [0.5, 0.6) is 0 Å². The molecule has 0 saturated carbocycles. The molecule has 13 heteroatoms. The monoisotopic (exact) mass is 497 g/mol. The molecule has 0 saturated heterocycles. The molecule has 0 aliphatic carbocycles. The number of rotatable bonds is 5. The van der Waals surface area contributed by atoms with Crippen molar-refractivity contribution in [3.8, 4) is 10.4 Å². The molecule has 34 heavy (non-hydrogen) atoms. The second-order valence-electron chi connectivity index (χ2n) is 7.86. The van der Waals surface area contributed by atoms with Crippen molar-refractivity contribution in [1.82, 2.24) is 15.0 Å². The standard InChI is InChI=1S/C21H16F5N5O2S/c1-20(2,33)8-5-10(22)15(11(23)6-8)13-7-9(16(27)32)18(34-13)30-14-4-3-12-17(29-14)31-19(28-12)21(24,25)26/h3-7,33H,1-2H3,(H2,27,32)(H2,28,29,30,31). The summed E-state index contributed by atoms with van der Waals surface area (Å²) in [5, 5.41) is 12.9. The van der Waals surface area contributed by atoms with Crippen LogP contribution in [-0.2, 0) is 11.8 Å². The predicted molar refractivity (Wildman–Crippen MR) is 116 cm³/mol. The number of H-pyrrole nitrogens is 1. The van der Waals surface area contributed by atoms with E-state index in [4.69, 9.17) is 5.73 Å². The predicted octanol–water partition coefficient (Wildman–Crippen LogP) is 5.05.